The van der Waals surface area contributed by atoms with Gasteiger partial charge in [-0.2, -0.15) is 0 Å². The summed E-state index contributed by atoms with van der Waals surface area (Å²) < 4.78 is 0. The molecule has 25 heavy (non-hydrogen) atoms. The SMILES string of the molecule is NNC(C=C(N)c1ccc(-c2cccc3ccccc23)cc1)C(=O)O. The van der Waals surface area contributed by atoms with Crippen LogP contribution in [0.25, 0.3) is 27.6 Å². The van der Waals surface area contributed by atoms with Gasteiger partial charge in [0.1, 0.15) is 6.04 Å². The van der Waals surface area contributed by atoms with Gasteiger partial charge in [-0.15, -0.1) is 0 Å². The minimum Gasteiger partial charge on any atom is -0.480 e. The van der Waals surface area contributed by atoms with Crippen molar-refractivity contribution in [1.82, 2.24) is 5.43 Å². The first-order valence-electron chi connectivity index (χ1n) is 7.85. The largest absolute Gasteiger partial charge is 0.480 e. The summed E-state index contributed by atoms with van der Waals surface area (Å²) in [5, 5.41) is 11.4. The van der Waals surface area contributed by atoms with Crippen LogP contribution in [-0.2, 0) is 4.79 Å². The van der Waals surface area contributed by atoms with E-state index in [4.69, 9.17) is 16.7 Å². The van der Waals surface area contributed by atoms with E-state index in [2.05, 4.69) is 29.7 Å². The number of carbonyl (C=O) groups is 1. The molecule has 0 saturated heterocycles. The Morgan fingerprint density at radius 1 is 1.00 bits per heavy atom. The molecule has 0 fully saturated rings. The van der Waals surface area contributed by atoms with Crippen molar-refractivity contribution in [1.29, 1.82) is 0 Å². The molecular formula is C20H19N3O2. The molecule has 6 N–H and O–H groups in total. The number of fused-ring (bicyclic) bond motifs is 1. The van der Waals surface area contributed by atoms with Crippen molar-refractivity contribution in [2.24, 2.45) is 11.6 Å². The third-order valence-corrected chi connectivity index (χ3v) is 4.11. The predicted octanol–water partition coefficient (Wildman–Crippen LogP) is 2.72. The van der Waals surface area contributed by atoms with Gasteiger partial charge in [0.15, 0.2) is 0 Å². The van der Waals surface area contributed by atoms with Crippen LogP contribution in [0.15, 0.2) is 72.8 Å². The Balaban J connectivity index is 1.95. The molecular weight excluding hydrogens is 314 g/mol. The van der Waals surface area contributed by atoms with Gasteiger partial charge in [-0.3, -0.25) is 10.6 Å². The van der Waals surface area contributed by atoms with Gasteiger partial charge in [-0.05, 0) is 33.5 Å². The fourth-order valence-corrected chi connectivity index (χ4v) is 2.79. The second-order valence-electron chi connectivity index (χ2n) is 5.71. The molecule has 0 aliphatic carbocycles. The van der Waals surface area contributed by atoms with E-state index in [1.807, 2.05) is 42.5 Å². The van der Waals surface area contributed by atoms with Gasteiger partial charge in [0.2, 0.25) is 0 Å². The Morgan fingerprint density at radius 2 is 1.68 bits per heavy atom. The van der Waals surface area contributed by atoms with E-state index in [0.717, 1.165) is 16.7 Å². The van der Waals surface area contributed by atoms with E-state index < -0.39 is 12.0 Å². The van der Waals surface area contributed by atoms with Crippen molar-refractivity contribution in [3.63, 3.8) is 0 Å². The van der Waals surface area contributed by atoms with E-state index in [1.54, 1.807) is 0 Å². The molecule has 5 nitrogen and oxygen atoms in total. The maximum absolute atomic E-state index is 11.0. The van der Waals surface area contributed by atoms with Crippen molar-refractivity contribution < 1.29 is 9.90 Å². The van der Waals surface area contributed by atoms with Gasteiger partial charge in [-0.1, -0.05) is 66.7 Å². The van der Waals surface area contributed by atoms with E-state index in [9.17, 15) is 4.79 Å². The normalized spacial score (nSPS) is 12.9. The van der Waals surface area contributed by atoms with Crippen LogP contribution >= 0.6 is 0 Å². The molecule has 1 atom stereocenters. The van der Waals surface area contributed by atoms with Crippen molar-refractivity contribution in [3.8, 4) is 11.1 Å². The fraction of sp³-hybridized carbons (Fsp3) is 0.0500. The van der Waals surface area contributed by atoms with Crippen molar-refractivity contribution in [2.75, 3.05) is 0 Å². The second-order valence-corrected chi connectivity index (χ2v) is 5.71. The number of aliphatic carboxylic acids is 1. The number of carboxylic acid groups (broad SMARTS) is 1. The number of nitrogens with one attached hydrogen (secondary N) is 1. The maximum atomic E-state index is 11.0. The predicted molar refractivity (Wildman–Crippen MR) is 100 cm³/mol. The van der Waals surface area contributed by atoms with E-state index in [0.29, 0.717) is 5.70 Å². The molecule has 0 spiro atoms. The van der Waals surface area contributed by atoms with Gasteiger partial charge < -0.3 is 10.8 Å². The highest BCUT2D eigenvalue weighted by molar-refractivity contribution is 5.96. The minimum absolute atomic E-state index is 0.356. The molecule has 0 amide bonds. The second kappa shape index (κ2) is 7.17. The zero-order chi connectivity index (χ0) is 17.8. The standard InChI is InChI=1S/C20H19N3O2/c21-18(12-19(23-22)20(24)25)15-10-8-14(9-11-15)17-7-3-5-13-4-1-2-6-16(13)17/h1-12,19,23H,21-22H2,(H,24,25). The van der Waals surface area contributed by atoms with Crippen molar-refractivity contribution in [3.05, 3.63) is 78.4 Å². The van der Waals surface area contributed by atoms with Crippen LogP contribution in [0, 0.1) is 0 Å². The van der Waals surface area contributed by atoms with Gasteiger partial charge in [0, 0.05) is 5.70 Å². The first-order chi connectivity index (χ1) is 12.1. The molecule has 1 unspecified atom stereocenters. The summed E-state index contributed by atoms with van der Waals surface area (Å²) in [4.78, 5) is 11.0. The van der Waals surface area contributed by atoms with Gasteiger partial charge >= 0.3 is 5.97 Å². The fourth-order valence-electron chi connectivity index (χ4n) is 2.79. The third kappa shape index (κ3) is 3.52. The van der Waals surface area contributed by atoms with Crippen LogP contribution in [0.2, 0.25) is 0 Å². The summed E-state index contributed by atoms with van der Waals surface area (Å²) in [5.41, 5.74) is 11.5. The van der Waals surface area contributed by atoms with Gasteiger partial charge in [0.25, 0.3) is 0 Å². The molecule has 0 aromatic heterocycles. The topological polar surface area (TPSA) is 101 Å². The quantitative estimate of drug-likeness (QED) is 0.425. The molecule has 3 rings (SSSR count). The smallest absolute Gasteiger partial charge is 0.326 e. The lowest BCUT2D eigenvalue weighted by Crippen LogP contribution is -2.40. The highest BCUT2D eigenvalue weighted by atomic mass is 16.4. The first kappa shape index (κ1) is 16.7. The lowest BCUT2D eigenvalue weighted by atomic mass is 9.97. The number of hydrazine groups is 1. The first-order valence-corrected chi connectivity index (χ1v) is 7.85. The lowest BCUT2D eigenvalue weighted by molar-refractivity contribution is -0.138. The molecule has 126 valence electrons. The average molecular weight is 333 g/mol. The third-order valence-electron chi connectivity index (χ3n) is 4.11. The van der Waals surface area contributed by atoms with Crippen LogP contribution < -0.4 is 17.0 Å². The molecule has 5 heteroatoms. The summed E-state index contributed by atoms with van der Waals surface area (Å²) in [5.74, 6) is 4.14. The Bertz CT molecular complexity index is 928. The molecule has 0 saturated carbocycles. The van der Waals surface area contributed by atoms with Crippen molar-refractivity contribution >= 4 is 22.4 Å². The molecule has 0 heterocycles. The van der Waals surface area contributed by atoms with Crippen LogP contribution in [0.4, 0.5) is 0 Å². The zero-order valence-electron chi connectivity index (χ0n) is 13.5. The molecule has 3 aromatic carbocycles. The molecule has 3 aromatic rings. The summed E-state index contributed by atoms with van der Waals surface area (Å²) >= 11 is 0. The summed E-state index contributed by atoms with van der Waals surface area (Å²) in [6.45, 7) is 0. The van der Waals surface area contributed by atoms with Crippen LogP contribution in [0.3, 0.4) is 0 Å². The average Bonchev–Trinajstić information content (AvgIpc) is 2.65. The van der Waals surface area contributed by atoms with E-state index in [1.165, 1.54) is 16.8 Å². The van der Waals surface area contributed by atoms with E-state index >= 15 is 0 Å². The summed E-state index contributed by atoms with van der Waals surface area (Å²) in [7, 11) is 0. The Kier molecular flexibility index (Phi) is 4.79. The lowest BCUT2D eigenvalue weighted by Gasteiger charge is -2.10. The number of carboxylic acids is 1. The number of rotatable bonds is 5. The van der Waals surface area contributed by atoms with Crippen LogP contribution in [0.1, 0.15) is 5.56 Å². The molecule has 0 aliphatic heterocycles. The monoisotopic (exact) mass is 333 g/mol. The molecule has 0 aliphatic rings. The van der Waals surface area contributed by atoms with Gasteiger partial charge in [-0.25, -0.2) is 5.43 Å². The Hall–Kier alpha value is -3.15. The minimum atomic E-state index is -1.09. The summed E-state index contributed by atoms with van der Waals surface area (Å²) in [6, 6.07) is 21.1. The number of hydrogen-bond acceptors (Lipinski definition) is 4. The Labute approximate surface area is 145 Å². The van der Waals surface area contributed by atoms with Crippen molar-refractivity contribution in [2.45, 2.75) is 6.04 Å². The summed E-state index contributed by atoms with van der Waals surface area (Å²) in [6.07, 6.45) is 1.38. The van der Waals surface area contributed by atoms with Gasteiger partial charge in [0.05, 0.1) is 0 Å². The number of benzene rings is 3. The number of nitrogens with two attached hydrogens (primary N) is 2. The molecule has 0 bridgehead atoms. The van der Waals surface area contributed by atoms with Crippen LogP contribution in [0.5, 0.6) is 0 Å². The van der Waals surface area contributed by atoms with Crippen LogP contribution in [-0.4, -0.2) is 17.1 Å². The Morgan fingerprint density at radius 3 is 2.36 bits per heavy atom. The highest BCUT2D eigenvalue weighted by Crippen LogP contribution is 2.29. The maximum Gasteiger partial charge on any atom is 0.326 e. The van der Waals surface area contributed by atoms with E-state index in [-0.39, 0.29) is 0 Å². The molecule has 0 radical (unpaired) electrons. The highest BCUT2D eigenvalue weighted by Gasteiger charge is 2.13. The zero-order valence-corrected chi connectivity index (χ0v) is 13.5. The number of hydrogen-bond donors (Lipinski definition) is 4.